The van der Waals surface area contributed by atoms with Crippen LogP contribution in [-0.2, 0) is 19.2 Å². The van der Waals surface area contributed by atoms with Gasteiger partial charge in [0, 0.05) is 24.4 Å². The first-order valence-corrected chi connectivity index (χ1v) is 16.2. The van der Waals surface area contributed by atoms with E-state index in [9.17, 15) is 24.0 Å². The summed E-state index contributed by atoms with van der Waals surface area (Å²) in [5.41, 5.74) is 5.30. The number of carbonyl (C=O) groups is 5. The van der Waals surface area contributed by atoms with Gasteiger partial charge in [-0.25, -0.2) is 4.79 Å². The van der Waals surface area contributed by atoms with Crippen LogP contribution in [0.25, 0.3) is 0 Å². The zero-order valence-electron chi connectivity index (χ0n) is 23.5. The summed E-state index contributed by atoms with van der Waals surface area (Å²) in [6.07, 6.45) is 13.0. The third kappa shape index (κ3) is 6.63. The molecule has 5 atom stereocenters. The number of likely N-dealkylation sites (tertiary alicyclic amines) is 1. The Morgan fingerprint density at radius 2 is 1.49 bits per heavy atom. The third-order valence-electron chi connectivity index (χ3n) is 10.2. The number of carbonyl (C=O) groups excluding carboxylic acids is 5. The van der Waals surface area contributed by atoms with Gasteiger partial charge < -0.3 is 26.6 Å². The zero-order valence-corrected chi connectivity index (χ0v) is 25.1. The molecule has 5 fully saturated rings. The number of fused-ring (bicyclic) bond motifs is 1. The fourth-order valence-corrected chi connectivity index (χ4v) is 8.32. The number of hydrogen-bond donors (Lipinski definition) is 4. The molecule has 1 saturated heterocycles. The molecule has 10 nitrogen and oxygen atoms in total. The van der Waals surface area contributed by atoms with Crippen molar-refractivity contribution in [2.24, 2.45) is 29.4 Å². The average Bonchev–Trinajstić information content (AvgIpc) is 3.25. The van der Waals surface area contributed by atoms with Gasteiger partial charge in [0.25, 0.3) is 5.91 Å². The first-order chi connectivity index (χ1) is 19.6. The van der Waals surface area contributed by atoms with Crippen molar-refractivity contribution in [3.8, 4) is 0 Å². The highest BCUT2D eigenvalue weighted by Crippen LogP contribution is 2.65. The van der Waals surface area contributed by atoms with Crippen LogP contribution in [0.1, 0.15) is 89.9 Å². The second-order valence-corrected chi connectivity index (χ2v) is 14.3. The van der Waals surface area contributed by atoms with Crippen molar-refractivity contribution in [2.75, 3.05) is 6.54 Å². The van der Waals surface area contributed by atoms with E-state index >= 15 is 0 Å². The van der Waals surface area contributed by atoms with E-state index in [1.165, 1.54) is 11.3 Å². The number of nitrogens with two attached hydrogens (primary N) is 1. The molecule has 4 saturated carbocycles. The van der Waals surface area contributed by atoms with Gasteiger partial charge in [-0.2, -0.15) is 0 Å². The second kappa shape index (κ2) is 12.7. The van der Waals surface area contributed by atoms with E-state index in [-0.39, 0.29) is 42.3 Å². The maximum Gasteiger partial charge on any atom is 0.315 e. The molecule has 5 N–H and O–H groups in total. The van der Waals surface area contributed by atoms with E-state index < -0.39 is 46.0 Å². The Kier molecular flexibility index (Phi) is 9.38. The third-order valence-corrected chi connectivity index (χ3v) is 11.2. The van der Waals surface area contributed by atoms with Gasteiger partial charge in [-0.05, 0) is 43.9 Å². The molecule has 41 heavy (non-hydrogen) atoms. The van der Waals surface area contributed by atoms with Crippen molar-refractivity contribution < 1.29 is 24.0 Å². The van der Waals surface area contributed by atoms with Gasteiger partial charge in [0.05, 0.1) is 6.04 Å². The molecule has 0 aromatic heterocycles. The summed E-state index contributed by atoms with van der Waals surface area (Å²) in [6, 6.07) is -3.13. The molecule has 0 unspecified atom stereocenters. The molecule has 5 rings (SSSR count). The Bertz CT molecular complexity index is 1040. The molecule has 0 aromatic carbocycles. The quantitative estimate of drug-likeness (QED) is 0.221. The summed E-state index contributed by atoms with van der Waals surface area (Å²) in [4.78, 5) is 66.9. The summed E-state index contributed by atoms with van der Waals surface area (Å²) in [7, 11) is 0. The first-order valence-electron chi connectivity index (χ1n) is 15.5. The van der Waals surface area contributed by atoms with Gasteiger partial charge in [-0.3, -0.25) is 19.2 Å². The fourth-order valence-electron chi connectivity index (χ4n) is 7.50. The number of nitrogens with one attached hydrogen (secondary N) is 3. The number of alkyl halides is 2. The maximum atomic E-state index is 14.2. The van der Waals surface area contributed by atoms with E-state index in [0.717, 1.165) is 77.0 Å². The van der Waals surface area contributed by atoms with Crippen molar-refractivity contribution >= 4 is 52.7 Å². The number of halogens is 2. The lowest BCUT2D eigenvalue weighted by Gasteiger charge is -2.37. The predicted molar refractivity (Wildman–Crippen MR) is 154 cm³/mol. The molecule has 4 aliphatic carbocycles. The highest BCUT2D eigenvalue weighted by atomic mass is 35.5. The van der Waals surface area contributed by atoms with Crippen LogP contribution < -0.4 is 21.7 Å². The molecule has 0 aromatic rings. The largest absolute Gasteiger partial charge is 0.363 e. The minimum absolute atomic E-state index is 0.0476. The minimum Gasteiger partial charge on any atom is -0.363 e. The molecule has 0 radical (unpaired) electrons. The van der Waals surface area contributed by atoms with Crippen LogP contribution in [0, 0.1) is 23.7 Å². The van der Waals surface area contributed by atoms with Crippen LogP contribution in [0.5, 0.6) is 0 Å². The lowest BCUT2D eigenvalue weighted by Crippen LogP contribution is -2.61. The van der Waals surface area contributed by atoms with Crippen molar-refractivity contribution in [3.05, 3.63) is 0 Å². The van der Waals surface area contributed by atoms with Gasteiger partial charge in [-0.1, -0.05) is 57.8 Å². The van der Waals surface area contributed by atoms with Gasteiger partial charge >= 0.3 is 6.03 Å². The Hall–Kier alpha value is -2.07. The standard InChI is InChI=1S/C29H43Cl2N5O5/c30-29(31)19-15-36(23(21(19)29)26(39)34-20(24(37)25(32)38)14-16-8-7-9-16)27(40)22(17-10-3-1-4-11-17)35-28(41)33-18-12-5-2-6-13-18/h16-23H,1-15H2,(H2,32,38)(H,34,39)(H2,33,35,41)/t19-,20-,21-,22-,23-/m0/s1. The lowest BCUT2D eigenvalue weighted by molar-refractivity contribution is -0.144. The van der Waals surface area contributed by atoms with Crippen molar-refractivity contribution in [2.45, 2.75) is 118 Å². The molecule has 5 amide bonds. The Labute approximate surface area is 251 Å². The van der Waals surface area contributed by atoms with Gasteiger partial charge in [0.15, 0.2) is 0 Å². The van der Waals surface area contributed by atoms with Crippen LogP contribution in [0.2, 0.25) is 0 Å². The van der Waals surface area contributed by atoms with Gasteiger partial charge in [-0.15, -0.1) is 23.2 Å². The number of amides is 5. The second-order valence-electron chi connectivity index (χ2n) is 12.9. The van der Waals surface area contributed by atoms with Crippen LogP contribution in [0.15, 0.2) is 0 Å². The fraction of sp³-hybridized carbons (Fsp3) is 0.828. The van der Waals surface area contributed by atoms with Crippen LogP contribution in [-0.4, -0.2) is 69.5 Å². The van der Waals surface area contributed by atoms with E-state index in [4.69, 9.17) is 28.9 Å². The highest BCUT2D eigenvalue weighted by molar-refractivity contribution is 6.51. The van der Waals surface area contributed by atoms with Crippen molar-refractivity contribution in [1.82, 2.24) is 20.9 Å². The molecule has 5 aliphatic rings. The van der Waals surface area contributed by atoms with E-state index in [1.807, 2.05) is 0 Å². The molecule has 12 heteroatoms. The SMILES string of the molecule is NC(=O)C(=O)[C@H](CC1CCC1)NC(=O)[C@@H]1[C@@H]2[C@H](CN1C(=O)[C@@H](NC(=O)NC1CCCCC1)C1CCCCC1)C2(Cl)Cl. The Morgan fingerprint density at radius 1 is 0.854 bits per heavy atom. The van der Waals surface area contributed by atoms with E-state index in [0.29, 0.717) is 6.42 Å². The average molecular weight is 613 g/mol. The maximum absolute atomic E-state index is 14.2. The summed E-state index contributed by atoms with van der Waals surface area (Å²) < 4.78 is -1.16. The number of urea groups is 1. The van der Waals surface area contributed by atoms with Crippen LogP contribution >= 0.6 is 23.2 Å². The molecule has 228 valence electrons. The molecule has 0 spiro atoms. The van der Waals surface area contributed by atoms with E-state index in [2.05, 4.69) is 16.0 Å². The minimum atomic E-state index is -1.16. The van der Waals surface area contributed by atoms with Crippen molar-refractivity contribution in [3.63, 3.8) is 0 Å². The highest BCUT2D eigenvalue weighted by Gasteiger charge is 2.74. The monoisotopic (exact) mass is 611 g/mol. The number of primary amides is 1. The summed E-state index contributed by atoms with van der Waals surface area (Å²) >= 11 is 13.1. The lowest BCUT2D eigenvalue weighted by atomic mass is 9.80. The number of nitrogens with zero attached hydrogens (tertiary/aromatic N) is 1. The first kappa shape index (κ1) is 30.4. The van der Waals surface area contributed by atoms with Crippen LogP contribution in [0.4, 0.5) is 4.79 Å². The molecular weight excluding hydrogens is 569 g/mol. The van der Waals surface area contributed by atoms with E-state index in [1.54, 1.807) is 0 Å². The van der Waals surface area contributed by atoms with Crippen molar-refractivity contribution in [1.29, 1.82) is 0 Å². The number of rotatable bonds is 10. The summed E-state index contributed by atoms with van der Waals surface area (Å²) in [5, 5.41) is 8.77. The number of Topliss-reactive ketones (excluding diaryl/α,β-unsaturated/α-hetero) is 1. The summed E-state index contributed by atoms with van der Waals surface area (Å²) in [5.74, 6) is -3.48. The normalized spacial score (nSPS) is 29.4. The number of ketones is 1. The number of piperidine rings is 1. The smallest absolute Gasteiger partial charge is 0.315 e. The molecule has 1 heterocycles. The van der Waals surface area contributed by atoms with Gasteiger partial charge in [0.1, 0.15) is 16.4 Å². The molecular formula is C29H43Cl2N5O5. The van der Waals surface area contributed by atoms with Crippen LogP contribution in [0.3, 0.4) is 0 Å². The predicted octanol–water partition coefficient (Wildman–Crippen LogP) is 2.93. The topological polar surface area (TPSA) is 151 Å². The molecule has 0 bridgehead atoms. The Morgan fingerprint density at radius 3 is 2.07 bits per heavy atom. The summed E-state index contributed by atoms with van der Waals surface area (Å²) in [6.45, 7) is 0.181. The number of hydrogen-bond acceptors (Lipinski definition) is 5. The zero-order chi connectivity index (χ0) is 29.3. The Balaban J connectivity index is 1.33. The molecule has 1 aliphatic heterocycles. The van der Waals surface area contributed by atoms with Gasteiger partial charge in [0.2, 0.25) is 17.6 Å².